The summed E-state index contributed by atoms with van der Waals surface area (Å²) in [6.07, 6.45) is 0.963. The highest BCUT2D eigenvalue weighted by molar-refractivity contribution is 5.76. The van der Waals surface area contributed by atoms with Crippen molar-refractivity contribution in [2.24, 2.45) is 5.73 Å². The van der Waals surface area contributed by atoms with Crippen molar-refractivity contribution in [3.63, 3.8) is 0 Å². The number of hydrogen-bond acceptors (Lipinski definition) is 3. The van der Waals surface area contributed by atoms with Gasteiger partial charge < -0.3 is 10.8 Å². The van der Waals surface area contributed by atoms with Gasteiger partial charge in [-0.05, 0) is 37.5 Å². The molecule has 0 saturated heterocycles. The highest BCUT2D eigenvalue weighted by Gasteiger charge is 1.98. The third kappa shape index (κ3) is 11.9. The molecule has 0 radical (unpaired) electrons. The fraction of sp³-hybridized carbons (Fsp3) is 0.222. The molecule has 3 aromatic carbocycles. The summed E-state index contributed by atoms with van der Waals surface area (Å²) in [7, 11) is 0. The molecule has 5 nitrogen and oxygen atoms in total. The Balaban J connectivity index is 0.000000240. The zero-order valence-corrected chi connectivity index (χ0v) is 18.8. The lowest BCUT2D eigenvalue weighted by molar-refractivity contribution is -0.136. The standard InChI is InChI=1S/C9H11NO.C9H9N.C9H10O2/c1-7-3-2-4-8(5-7)6-9(10)11;1-8-3-2-4-9(7-8)5-6-10;1-7-3-2-4-8(5-7)6-9(10)11/h2-5H,6H2,1H3,(H2,10,11);2-4,7H,5H2,1H3;2-5H,6H2,1H3,(H,10,11). The second-order valence-electron chi connectivity index (χ2n) is 7.52. The monoisotopic (exact) mass is 430 g/mol. The van der Waals surface area contributed by atoms with Crippen LogP contribution in [0.1, 0.15) is 33.4 Å². The van der Waals surface area contributed by atoms with Crippen molar-refractivity contribution in [2.75, 3.05) is 0 Å². The highest BCUT2D eigenvalue weighted by Crippen LogP contribution is 2.05. The number of nitriles is 1. The molecule has 0 spiro atoms. The van der Waals surface area contributed by atoms with Crippen LogP contribution >= 0.6 is 0 Å². The summed E-state index contributed by atoms with van der Waals surface area (Å²) < 4.78 is 0. The third-order valence-corrected chi connectivity index (χ3v) is 4.26. The molecule has 0 aromatic heterocycles. The quantitative estimate of drug-likeness (QED) is 0.612. The molecular weight excluding hydrogens is 400 g/mol. The molecule has 5 heteroatoms. The largest absolute Gasteiger partial charge is 0.481 e. The van der Waals surface area contributed by atoms with Crippen LogP contribution in [0.25, 0.3) is 0 Å². The van der Waals surface area contributed by atoms with E-state index >= 15 is 0 Å². The van der Waals surface area contributed by atoms with Crippen LogP contribution in [0, 0.1) is 32.1 Å². The fourth-order valence-electron chi connectivity index (χ4n) is 2.93. The Hall–Kier alpha value is -3.91. The van der Waals surface area contributed by atoms with Crippen molar-refractivity contribution in [3.8, 4) is 6.07 Å². The first kappa shape index (κ1) is 26.1. The summed E-state index contributed by atoms with van der Waals surface area (Å²) >= 11 is 0. The van der Waals surface area contributed by atoms with E-state index in [9.17, 15) is 9.59 Å². The van der Waals surface area contributed by atoms with Gasteiger partial charge in [-0.2, -0.15) is 5.26 Å². The van der Waals surface area contributed by atoms with Gasteiger partial charge in [-0.15, -0.1) is 0 Å². The molecule has 3 rings (SSSR count). The number of aliphatic carboxylic acids is 1. The normalized spacial score (nSPS) is 9.31. The van der Waals surface area contributed by atoms with E-state index in [0.717, 1.165) is 27.8 Å². The number of hydrogen-bond donors (Lipinski definition) is 2. The number of nitrogens with zero attached hydrogens (tertiary/aromatic N) is 1. The minimum atomic E-state index is -0.782. The van der Waals surface area contributed by atoms with Gasteiger partial charge in [0, 0.05) is 0 Å². The summed E-state index contributed by atoms with van der Waals surface area (Å²) in [6.45, 7) is 5.97. The summed E-state index contributed by atoms with van der Waals surface area (Å²) in [5.41, 5.74) is 11.5. The van der Waals surface area contributed by atoms with Gasteiger partial charge in [-0.1, -0.05) is 89.5 Å². The third-order valence-electron chi connectivity index (χ3n) is 4.26. The van der Waals surface area contributed by atoms with Crippen LogP contribution in [0.2, 0.25) is 0 Å². The Kier molecular flexibility index (Phi) is 11.6. The zero-order valence-electron chi connectivity index (χ0n) is 18.8. The van der Waals surface area contributed by atoms with Crippen LogP contribution in [-0.2, 0) is 28.9 Å². The molecule has 3 N–H and O–H groups in total. The number of nitrogens with two attached hydrogens (primary N) is 1. The van der Waals surface area contributed by atoms with E-state index in [1.165, 1.54) is 5.56 Å². The van der Waals surface area contributed by atoms with E-state index in [0.29, 0.717) is 12.8 Å². The zero-order chi connectivity index (χ0) is 23.9. The maximum absolute atomic E-state index is 10.5. The summed E-state index contributed by atoms with van der Waals surface area (Å²) in [5.74, 6) is -1.06. The van der Waals surface area contributed by atoms with Gasteiger partial charge >= 0.3 is 5.97 Å². The lowest BCUT2D eigenvalue weighted by Gasteiger charge is -1.97. The molecule has 0 atom stereocenters. The van der Waals surface area contributed by atoms with Gasteiger partial charge in [0.2, 0.25) is 5.91 Å². The number of carboxylic acids is 1. The number of carbonyl (C=O) groups excluding carboxylic acids is 1. The van der Waals surface area contributed by atoms with Crippen molar-refractivity contribution in [2.45, 2.75) is 40.0 Å². The van der Waals surface area contributed by atoms with Crippen molar-refractivity contribution in [3.05, 3.63) is 106 Å². The van der Waals surface area contributed by atoms with Crippen molar-refractivity contribution < 1.29 is 14.7 Å². The Morgan fingerprint density at radius 3 is 1.56 bits per heavy atom. The average molecular weight is 431 g/mol. The van der Waals surface area contributed by atoms with Crippen LogP contribution in [0.3, 0.4) is 0 Å². The molecule has 0 unspecified atom stereocenters. The van der Waals surface area contributed by atoms with Gasteiger partial charge in [0.1, 0.15) is 0 Å². The van der Waals surface area contributed by atoms with E-state index in [4.69, 9.17) is 16.1 Å². The highest BCUT2D eigenvalue weighted by atomic mass is 16.4. The minimum Gasteiger partial charge on any atom is -0.481 e. The Bertz CT molecular complexity index is 1010. The number of carboxylic acid groups (broad SMARTS) is 1. The average Bonchev–Trinajstić information content (AvgIpc) is 2.68. The predicted octanol–water partition coefficient (Wildman–Crippen LogP) is 4.71. The fourth-order valence-corrected chi connectivity index (χ4v) is 2.93. The molecule has 0 saturated carbocycles. The van der Waals surface area contributed by atoms with Gasteiger partial charge in [0.05, 0.1) is 25.3 Å². The minimum absolute atomic E-state index is 0.113. The SMILES string of the molecule is Cc1cccc(CC#N)c1.Cc1cccc(CC(=O)O)c1.Cc1cccc(CC(N)=O)c1. The number of benzene rings is 3. The predicted molar refractivity (Wildman–Crippen MR) is 127 cm³/mol. The number of primary amides is 1. The van der Waals surface area contributed by atoms with Gasteiger partial charge in [0.15, 0.2) is 0 Å². The van der Waals surface area contributed by atoms with E-state index in [-0.39, 0.29) is 12.3 Å². The van der Waals surface area contributed by atoms with Crippen LogP contribution in [0.15, 0.2) is 72.8 Å². The summed E-state index contributed by atoms with van der Waals surface area (Å²) in [5, 5.41) is 16.8. The number of aryl methyl sites for hydroxylation is 3. The molecule has 0 fully saturated rings. The number of amides is 1. The number of rotatable bonds is 5. The molecule has 0 heterocycles. The maximum Gasteiger partial charge on any atom is 0.307 e. The Morgan fingerprint density at radius 1 is 0.781 bits per heavy atom. The van der Waals surface area contributed by atoms with E-state index in [1.54, 1.807) is 0 Å². The second kappa shape index (κ2) is 14.2. The lowest BCUT2D eigenvalue weighted by atomic mass is 10.1. The Labute approximate surface area is 190 Å². The molecule has 166 valence electrons. The van der Waals surface area contributed by atoms with E-state index < -0.39 is 5.97 Å². The first-order valence-corrected chi connectivity index (χ1v) is 10.2. The molecule has 1 amide bonds. The first-order chi connectivity index (χ1) is 15.2. The van der Waals surface area contributed by atoms with Crippen LogP contribution in [0.4, 0.5) is 0 Å². The van der Waals surface area contributed by atoms with Crippen molar-refractivity contribution >= 4 is 11.9 Å². The van der Waals surface area contributed by atoms with Crippen molar-refractivity contribution in [1.82, 2.24) is 0 Å². The first-order valence-electron chi connectivity index (χ1n) is 10.2. The Morgan fingerprint density at radius 2 is 1.19 bits per heavy atom. The maximum atomic E-state index is 10.5. The van der Waals surface area contributed by atoms with E-state index in [1.807, 2.05) is 93.6 Å². The molecule has 0 aliphatic heterocycles. The molecule has 0 aliphatic carbocycles. The van der Waals surface area contributed by atoms with Crippen LogP contribution in [0.5, 0.6) is 0 Å². The molecule has 0 bridgehead atoms. The van der Waals surface area contributed by atoms with E-state index in [2.05, 4.69) is 6.07 Å². The lowest BCUT2D eigenvalue weighted by Crippen LogP contribution is -2.13. The van der Waals surface area contributed by atoms with Crippen molar-refractivity contribution in [1.29, 1.82) is 5.26 Å². The molecular formula is C27H30N2O3. The molecule has 0 aliphatic rings. The molecule has 32 heavy (non-hydrogen) atoms. The van der Waals surface area contributed by atoms with Gasteiger partial charge in [0.25, 0.3) is 0 Å². The summed E-state index contributed by atoms with van der Waals surface area (Å²) in [4.78, 5) is 20.8. The van der Waals surface area contributed by atoms with Crippen LogP contribution < -0.4 is 5.73 Å². The van der Waals surface area contributed by atoms with Crippen LogP contribution in [-0.4, -0.2) is 17.0 Å². The number of carbonyl (C=O) groups is 2. The smallest absolute Gasteiger partial charge is 0.307 e. The summed E-state index contributed by atoms with van der Waals surface area (Å²) in [6, 6.07) is 25.4. The second-order valence-corrected chi connectivity index (χ2v) is 7.52. The van der Waals surface area contributed by atoms with Gasteiger partial charge in [-0.25, -0.2) is 0 Å². The topological polar surface area (TPSA) is 104 Å². The molecule has 3 aromatic rings. The van der Waals surface area contributed by atoms with Gasteiger partial charge in [-0.3, -0.25) is 9.59 Å².